The predicted octanol–water partition coefficient (Wildman–Crippen LogP) is 3.52. The lowest BCUT2D eigenvalue weighted by Crippen LogP contribution is -2.44. The number of aromatic nitrogens is 2. The maximum absolute atomic E-state index is 13.2. The highest BCUT2D eigenvalue weighted by Gasteiger charge is 2.47. The van der Waals surface area contributed by atoms with Gasteiger partial charge in [0.05, 0.1) is 34.9 Å². The highest BCUT2D eigenvalue weighted by molar-refractivity contribution is 7.86. The van der Waals surface area contributed by atoms with Gasteiger partial charge in [0, 0.05) is 40.7 Å². The SMILES string of the molecule is CC1COCCN1c1nc(-c2ccc(NC(=O)NCCF)cc2)nc2c1C(C)S(=O)C2(C)C. The average Bonchev–Trinajstić information content (AvgIpc) is 2.98. The highest BCUT2D eigenvalue weighted by Crippen LogP contribution is 2.49. The van der Waals surface area contributed by atoms with E-state index in [1.165, 1.54) is 0 Å². The van der Waals surface area contributed by atoms with Gasteiger partial charge in [-0.25, -0.2) is 19.2 Å². The fourth-order valence-corrected chi connectivity index (χ4v) is 6.02. The zero-order valence-corrected chi connectivity index (χ0v) is 20.2. The number of halogens is 1. The average molecular weight is 476 g/mol. The van der Waals surface area contributed by atoms with E-state index in [0.717, 1.165) is 22.6 Å². The molecule has 2 amide bonds. The smallest absolute Gasteiger partial charge is 0.319 e. The van der Waals surface area contributed by atoms with Crippen LogP contribution in [0.2, 0.25) is 0 Å². The number of carbonyl (C=O) groups excluding carboxylic acids is 1. The number of nitrogens with zero attached hydrogens (tertiary/aromatic N) is 3. The van der Waals surface area contributed by atoms with Crippen molar-refractivity contribution in [3.8, 4) is 11.4 Å². The van der Waals surface area contributed by atoms with Crippen molar-refractivity contribution >= 4 is 28.3 Å². The van der Waals surface area contributed by atoms with Crippen LogP contribution >= 0.6 is 0 Å². The Morgan fingerprint density at radius 2 is 2.00 bits per heavy atom. The van der Waals surface area contributed by atoms with Gasteiger partial charge in [-0.05, 0) is 52.0 Å². The Kier molecular flexibility index (Phi) is 6.67. The van der Waals surface area contributed by atoms with Gasteiger partial charge in [0.2, 0.25) is 0 Å². The fraction of sp³-hybridized carbons (Fsp3) is 0.522. The zero-order valence-electron chi connectivity index (χ0n) is 19.4. The Hall–Kier alpha value is -2.59. The predicted molar refractivity (Wildman–Crippen MR) is 128 cm³/mol. The maximum atomic E-state index is 13.2. The van der Waals surface area contributed by atoms with Crippen LogP contribution in [0.4, 0.5) is 20.7 Å². The lowest BCUT2D eigenvalue weighted by Gasteiger charge is -2.36. The molecule has 2 aliphatic rings. The van der Waals surface area contributed by atoms with Crippen molar-refractivity contribution in [1.29, 1.82) is 0 Å². The third-order valence-corrected chi connectivity index (χ3v) is 8.22. The van der Waals surface area contributed by atoms with Crippen molar-refractivity contribution in [3.05, 3.63) is 35.5 Å². The minimum absolute atomic E-state index is 0.0365. The molecule has 2 aromatic rings. The number of carbonyl (C=O) groups is 1. The van der Waals surface area contributed by atoms with E-state index in [1.54, 1.807) is 12.1 Å². The molecule has 2 aliphatic heterocycles. The molecular weight excluding hydrogens is 445 g/mol. The van der Waals surface area contributed by atoms with Crippen LogP contribution in [0, 0.1) is 0 Å². The van der Waals surface area contributed by atoms with Gasteiger partial charge in [-0.15, -0.1) is 0 Å². The summed E-state index contributed by atoms with van der Waals surface area (Å²) >= 11 is 0. The third kappa shape index (κ3) is 4.46. The van der Waals surface area contributed by atoms with E-state index in [-0.39, 0.29) is 17.8 Å². The molecule has 0 saturated carbocycles. The summed E-state index contributed by atoms with van der Waals surface area (Å²) in [6.45, 7) is 9.30. The van der Waals surface area contributed by atoms with Crippen molar-refractivity contribution < 1.29 is 18.1 Å². The van der Waals surface area contributed by atoms with Gasteiger partial charge in [-0.3, -0.25) is 4.21 Å². The summed E-state index contributed by atoms with van der Waals surface area (Å²) in [4.78, 5) is 23.8. The lowest BCUT2D eigenvalue weighted by molar-refractivity contribution is 0.0984. The number of fused-ring (bicyclic) bond motifs is 1. The topological polar surface area (TPSA) is 96.4 Å². The first-order chi connectivity index (χ1) is 15.7. The van der Waals surface area contributed by atoms with Gasteiger partial charge in [-0.2, -0.15) is 0 Å². The van der Waals surface area contributed by atoms with Crippen LogP contribution < -0.4 is 15.5 Å². The second-order valence-electron chi connectivity index (χ2n) is 8.85. The summed E-state index contributed by atoms with van der Waals surface area (Å²) in [7, 11) is -1.12. The number of alkyl halides is 1. The number of urea groups is 1. The van der Waals surface area contributed by atoms with Crippen LogP contribution in [0.3, 0.4) is 0 Å². The Morgan fingerprint density at radius 3 is 2.67 bits per heavy atom. The van der Waals surface area contributed by atoms with Crippen LogP contribution in [-0.2, 0) is 20.3 Å². The van der Waals surface area contributed by atoms with Crippen LogP contribution in [-0.4, -0.2) is 59.2 Å². The van der Waals surface area contributed by atoms with E-state index in [4.69, 9.17) is 14.7 Å². The Morgan fingerprint density at radius 1 is 1.27 bits per heavy atom. The van der Waals surface area contributed by atoms with E-state index in [2.05, 4.69) is 22.5 Å². The number of ether oxygens (including phenoxy) is 1. The van der Waals surface area contributed by atoms with Gasteiger partial charge in [0.15, 0.2) is 5.82 Å². The largest absolute Gasteiger partial charge is 0.377 e. The zero-order chi connectivity index (χ0) is 23.8. The first kappa shape index (κ1) is 23.6. The van der Waals surface area contributed by atoms with E-state index >= 15 is 0 Å². The molecule has 3 heterocycles. The molecule has 1 fully saturated rings. The number of nitrogens with one attached hydrogen (secondary N) is 2. The number of rotatable bonds is 5. The summed E-state index contributed by atoms with van der Waals surface area (Å²) in [5, 5.41) is 4.93. The Balaban J connectivity index is 1.73. The monoisotopic (exact) mass is 475 g/mol. The second kappa shape index (κ2) is 9.34. The first-order valence-corrected chi connectivity index (χ1v) is 12.3. The number of morpholine rings is 1. The molecule has 1 aromatic heterocycles. The van der Waals surface area contributed by atoms with E-state index in [9.17, 15) is 13.4 Å². The van der Waals surface area contributed by atoms with E-state index < -0.39 is 28.3 Å². The lowest BCUT2D eigenvalue weighted by atomic mass is 10.0. The van der Waals surface area contributed by atoms with Crippen LogP contribution in [0.1, 0.15) is 44.2 Å². The van der Waals surface area contributed by atoms with E-state index in [1.807, 2.05) is 32.9 Å². The van der Waals surface area contributed by atoms with Crippen molar-refractivity contribution in [2.45, 2.75) is 43.7 Å². The molecular formula is C23H30FN5O3S. The molecule has 0 radical (unpaired) electrons. The molecule has 0 spiro atoms. The molecule has 3 atom stereocenters. The van der Waals surface area contributed by atoms with Crippen LogP contribution in [0.25, 0.3) is 11.4 Å². The maximum Gasteiger partial charge on any atom is 0.319 e. The van der Waals surface area contributed by atoms with Crippen molar-refractivity contribution in [1.82, 2.24) is 15.3 Å². The van der Waals surface area contributed by atoms with Crippen LogP contribution in [0.5, 0.6) is 0 Å². The standard InChI is InChI=1S/C23H30FN5O3S/c1-14-13-32-12-11-29(14)21-18-15(2)33(31)23(3,4)19(18)27-20(28-21)16-5-7-17(8-6-16)26-22(30)25-10-9-24/h5-8,14-15H,9-13H2,1-4H3,(H2,25,26,30). The summed E-state index contributed by atoms with van der Waals surface area (Å²) in [5.41, 5.74) is 3.14. The summed E-state index contributed by atoms with van der Waals surface area (Å²) in [6, 6.07) is 6.86. The van der Waals surface area contributed by atoms with Crippen molar-refractivity contribution in [2.75, 3.05) is 43.2 Å². The molecule has 2 N–H and O–H groups in total. The number of benzene rings is 1. The molecule has 1 aromatic carbocycles. The Bertz CT molecular complexity index is 1060. The summed E-state index contributed by atoms with van der Waals surface area (Å²) < 4.78 is 30.5. The quantitative estimate of drug-likeness (QED) is 0.687. The summed E-state index contributed by atoms with van der Waals surface area (Å²) in [5.74, 6) is 1.38. The first-order valence-electron chi connectivity index (χ1n) is 11.1. The molecule has 10 heteroatoms. The van der Waals surface area contributed by atoms with Gasteiger partial charge in [-0.1, -0.05) is 0 Å². The van der Waals surface area contributed by atoms with Gasteiger partial charge >= 0.3 is 6.03 Å². The van der Waals surface area contributed by atoms with E-state index in [0.29, 0.717) is 31.3 Å². The highest BCUT2D eigenvalue weighted by atomic mass is 32.2. The normalized spacial score (nSPS) is 23.8. The minimum atomic E-state index is -1.12. The van der Waals surface area contributed by atoms with Crippen molar-refractivity contribution in [3.63, 3.8) is 0 Å². The fourth-order valence-electron chi connectivity index (χ4n) is 4.36. The number of anilines is 2. The van der Waals surface area contributed by atoms with Crippen molar-refractivity contribution in [2.24, 2.45) is 0 Å². The third-order valence-electron chi connectivity index (χ3n) is 6.15. The van der Waals surface area contributed by atoms with Crippen LogP contribution in [0.15, 0.2) is 24.3 Å². The van der Waals surface area contributed by atoms with Gasteiger partial charge in [0.1, 0.15) is 12.5 Å². The molecule has 8 nitrogen and oxygen atoms in total. The molecule has 1 saturated heterocycles. The Labute approximate surface area is 195 Å². The van der Waals surface area contributed by atoms with Gasteiger partial charge < -0.3 is 20.3 Å². The number of hydrogen-bond acceptors (Lipinski definition) is 6. The molecule has 3 unspecified atom stereocenters. The number of amides is 2. The number of hydrogen-bond donors (Lipinski definition) is 2. The molecule has 0 bridgehead atoms. The minimum Gasteiger partial charge on any atom is -0.377 e. The molecule has 4 rings (SSSR count). The summed E-state index contributed by atoms with van der Waals surface area (Å²) in [6.07, 6.45) is 0. The van der Waals surface area contributed by atoms with Gasteiger partial charge in [0.25, 0.3) is 0 Å². The molecule has 33 heavy (non-hydrogen) atoms. The molecule has 178 valence electrons. The molecule has 0 aliphatic carbocycles. The second-order valence-corrected chi connectivity index (χ2v) is 11.2.